The Labute approximate surface area is 220 Å². The quantitative estimate of drug-likeness (QED) is 0.405. The van der Waals surface area contributed by atoms with Crippen molar-refractivity contribution in [2.45, 2.75) is 38.7 Å². The standard InChI is InChI=1S/C25H32BBrClN3O4/c1-17(2)14-23(26-34-12-10-29-11-13-35-26)31-25(33)22(15-18-6-4-3-5-7-18)30-24(32)20-16-19(28)8-9-21(20)27/h3-9,16-17,22-23,29H,10-15H2,1-2H3,(H,30,32)(H,31,33)/t22-,23-/m0/s1. The van der Waals surface area contributed by atoms with Crippen LogP contribution in [0.25, 0.3) is 0 Å². The summed E-state index contributed by atoms with van der Waals surface area (Å²) in [6, 6.07) is 13.8. The second kappa shape index (κ2) is 14.0. The number of halogens is 2. The van der Waals surface area contributed by atoms with Gasteiger partial charge in [-0.1, -0.05) is 55.8 Å². The third-order valence-electron chi connectivity index (χ3n) is 5.58. The molecule has 2 aromatic carbocycles. The summed E-state index contributed by atoms with van der Waals surface area (Å²) in [6.45, 7) is 6.60. The summed E-state index contributed by atoms with van der Waals surface area (Å²) < 4.78 is 12.4. The van der Waals surface area contributed by atoms with Gasteiger partial charge in [0.2, 0.25) is 5.91 Å². The van der Waals surface area contributed by atoms with Crippen LogP contribution in [0.5, 0.6) is 0 Å². The smallest absolute Gasteiger partial charge is 0.408 e. The number of nitrogens with one attached hydrogen (secondary N) is 3. The Balaban J connectivity index is 1.80. The summed E-state index contributed by atoms with van der Waals surface area (Å²) in [5.74, 6) is -0.729. The lowest BCUT2D eigenvalue weighted by Gasteiger charge is -2.29. The zero-order valence-corrected chi connectivity index (χ0v) is 22.4. The van der Waals surface area contributed by atoms with Crippen molar-refractivity contribution >= 4 is 46.5 Å². The first kappa shape index (κ1) is 27.7. The molecule has 1 saturated heterocycles. The van der Waals surface area contributed by atoms with Crippen LogP contribution in [-0.4, -0.2) is 57.2 Å². The van der Waals surface area contributed by atoms with Crippen LogP contribution in [0.2, 0.25) is 5.02 Å². The molecule has 2 atom stereocenters. The molecule has 0 aromatic heterocycles. The van der Waals surface area contributed by atoms with Gasteiger partial charge in [-0.2, -0.15) is 0 Å². The third-order valence-corrected chi connectivity index (χ3v) is 6.51. The predicted octanol–water partition coefficient (Wildman–Crippen LogP) is 3.64. The molecule has 35 heavy (non-hydrogen) atoms. The first-order valence-corrected chi connectivity index (χ1v) is 13.0. The molecule has 0 radical (unpaired) electrons. The summed E-state index contributed by atoms with van der Waals surface area (Å²) in [5, 5.41) is 9.67. The Morgan fingerprint density at radius 1 is 1.09 bits per heavy atom. The minimum absolute atomic E-state index is 0.293. The number of rotatable bonds is 9. The largest absolute Gasteiger partial charge is 0.480 e. The molecule has 3 N–H and O–H groups in total. The van der Waals surface area contributed by atoms with Gasteiger partial charge in [-0.3, -0.25) is 9.59 Å². The van der Waals surface area contributed by atoms with E-state index in [4.69, 9.17) is 20.9 Å². The van der Waals surface area contributed by atoms with E-state index in [-0.39, 0.29) is 17.8 Å². The molecular weight excluding hydrogens is 532 g/mol. The van der Waals surface area contributed by atoms with E-state index < -0.39 is 13.2 Å². The molecule has 10 heteroatoms. The molecular formula is C25H32BBrClN3O4. The summed E-state index contributed by atoms with van der Waals surface area (Å²) in [5.41, 5.74) is 1.30. The van der Waals surface area contributed by atoms with Gasteiger partial charge in [0.15, 0.2) is 0 Å². The molecule has 1 fully saturated rings. The van der Waals surface area contributed by atoms with Crippen molar-refractivity contribution in [2.75, 3.05) is 26.3 Å². The Morgan fingerprint density at radius 3 is 2.43 bits per heavy atom. The SMILES string of the molecule is CC(C)C[C@H](NC(=O)[C@H](Cc1ccccc1)NC(=O)c1cc(Cl)ccc1Br)B1OCCNCCO1. The van der Waals surface area contributed by atoms with Gasteiger partial charge in [0, 0.05) is 42.2 Å². The second-order valence-corrected chi connectivity index (χ2v) is 10.2. The minimum atomic E-state index is -0.805. The first-order valence-electron chi connectivity index (χ1n) is 11.9. The maximum absolute atomic E-state index is 13.6. The zero-order chi connectivity index (χ0) is 25.2. The van der Waals surface area contributed by atoms with E-state index in [0.29, 0.717) is 47.0 Å². The van der Waals surface area contributed by atoms with Gasteiger partial charge in [0.05, 0.1) is 11.5 Å². The van der Waals surface area contributed by atoms with Crippen molar-refractivity contribution in [1.82, 2.24) is 16.0 Å². The molecule has 3 rings (SSSR count). The second-order valence-electron chi connectivity index (χ2n) is 8.94. The van der Waals surface area contributed by atoms with Crippen LogP contribution in [0.1, 0.15) is 36.2 Å². The van der Waals surface area contributed by atoms with E-state index in [1.165, 1.54) is 0 Å². The molecule has 7 nitrogen and oxygen atoms in total. The van der Waals surface area contributed by atoms with E-state index in [1.807, 2.05) is 30.3 Å². The molecule has 0 bridgehead atoms. The lowest BCUT2D eigenvalue weighted by Crippen LogP contribution is -2.57. The molecule has 1 aliphatic rings. The van der Waals surface area contributed by atoms with E-state index in [1.54, 1.807) is 18.2 Å². The number of hydrogen-bond donors (Lipinski definition) is 3. The summed E-state index contributed by atoms with van der Waals surface area (Å²) in [6.07, 6.45) is 1.01. The van der Waals surface area contributed by atoms with Gasteiger partial charge >= 0.3 is 7.12 Å². The highest BCUT2D eigenvalue weighted by molar-refractivity contribution is 9.10. The number of benzene rings is 2. The van der Waals surface area contributed by atoms with Crippen molar-refractivity contribution in [3.63, 3.8) is 0 Å². The van der Waals surface area contributed by atoms with E-state index in [0.717, 1.165) is 18.7 Å². The number of hydrogen-bond acceptors (Lipinski definition) is 5. The normalized spacial score (nSPS) is 16.2. The Kier molecular flexibility index (Phi) is 11.1. The zero-order valence-electron chi connectivity index (χ0n) is 20.1. The summed E-state index contributed by atoms with van der Waals surface area (Å²) in [7, 11) is -0.557. The van der Waals surface area contributed by atoms with Crippen LogP contribution >= 0.6 is 27.5 Å². The van der Waals surface area contributed by atoms with Crippen LogP contribution in [0, 0.1) is 5.92 Å². The third kappa shape index (κ3) is 8.92. The van der Waals surface area contributed by atoms with Crippen LogP contribution < -0.4 is 16.0 Å². The Bertz CT molecular complexity index is 974. The van der Waals surface area contributed by atoms with E-state index in [9.17, 15) is 9.59 Å². The molecule has 1 heterocycles. The van der Waals surface area contributed by atoms with Gasteiger partial charge in [-0.15, -0.1) is 0 Å². The summed E-state index contributed by atoms with van der Waals surface area (Å²) >= 11 is 9.51. The van der Waals surface area contributed by atoms with Crippen molar-refractivity contribution in [3.8, 4) is 0 Å². The van der Waals surface area contributed by atoms with Gasteiger partial charge in [-0.05, 0) is 52.0 Å². The predicted molar refractivity (Wildman–Crippen MR) is 142 cm³/mol. The molecule has 2 amide bonds. The lowest BCUT2D eigenvalue weighted by atomic mass is 9.73. The average Bonchev–Trinajstić information content (AvgIpc) is 2.80. The maximum Gasteiger partial charge on any atom is 0.480 e. The van der Waals surface area contributed by atoms with Crippen molar-refractivity contribution in [3.05, 3.63) is 69.2 Å². The highest BCUT2D eigenvalue weighted by atomic mass is 79.9. The number of carbonyl (C=O) groups excluding carboxylic acids is 2. The molecule has 0 spiro atoms. The fraction of sp³-hybridized carbons (Fsp3) is 0.440. The Morgan fingerprint density at radius 2 is 1.77 bits per heavy atom. The summed E-state index contributed by atoms with van der Waals surface area (Å²) in [4.78, 5) is 26.7. The van der Waals surface area contributed by atoms with Crippen molar-refractivity contribution in [2.24, 2.45) is 5.92 Å². The molecule has 1 aliphatic heterocycles. The first-order chi connectivity index (χ1) is 16.8. The lowest BCUT2D eigenvalue weighted by molar-refractivity contribution is -0.123. The fourth-order valence-corrected chi connectivity index (χ4v) is 4.49. The van der Waals surface area contributed by atoms with Crippen molar-refractivity contribution < 1.29 is 18.9 Å². The number of amides is 2. The molecule has 0 unspecified atom stereocenters. The van der Waals surface area contributed by atoms with Crippen molar-refractivity contribution in [1.29, 1.82) is 0 Å². The molecule has 188 valence electrons. The van der Waals surface area contributed by atoms with Gasteiger partial charge < -0.3 is 25.3 Å². The molecule has 0 aliphatic carbocycles. The van der Waals surface area contributed by atoms with Gasteiger partial charge in [0.25, 0.3) is 5.91 Å². The van der Waals surface area contributed by atoms with Crippen LogP contribution in [0.3, 0.4) is 0 Å². The number of carbonyl (C=O) groups is 2. The fourth-order valence-electron chi connectivity index (χ4n) is 3.90. The monoisotopic (exact) mass is 563 g/mol. The van der Waals surface area contributed by atoms with E-state index >= 15 is 0 Å². The molecule has 2 aromatic rings. The van der Waals surface area contributed by atoms with Crippen LogP contribution in [0.4, 0.5) is 0 Å². The maximum atomic E-state index is 13.6. The van der Waals surface area contributed by atoms with E-state index in [2.05, 4.69) is 45.7 Å². The minimum Gasteiger partial charge on any atom is -0.408 e. The van der Waals surface area contributed by atoms with Gasteiger partial charge in [0.1, 0.15) is 6.04 Å². The Hall–Kier alpha value is -1.91. The average molecular weight is 565 g/mol. The van der Waals surface area contributed by atoms with Crippen LogP contribution in [0.15, 0.2) is 53.0 Å². The van der Waals surface area contributed by atoms with Crippen LogP contribution in [-0.2, 0) is 20.5 Å². The molecule has 0 saturated carbocycles. The topological polar surface area (TPSA) is 88.7 Å². The van der Waals surface area contributed by atoms with Gasteiger partial charge in [-0.25, -0.2) is 0 Å². The highest BCUT2D eigenvalue weighted by Crippen LogP contribution is 2.21. The highest BCUT2D eigenvalue weighted by Gasteiger charge is 2.35.